The van der Waals surface area contributed by atoms with Crippen LogP contribution in [0.1, 0.15) is 18.7 Å². The quantitative estimate of drug-likeness (QED) is 0.550. The predicted molar refractivity (Wildman–Crippen MR) is 104 cm³/mol. The Balaban J connectivity index is 0.00000157. The van der Waals surface area contributed by atoms with Crippen LogP contribution in [0.3, 0.4) is 0 Å². The van der Waals surface area contributed by atoms with Crippen molar-refractivity contribution in [2.75, 3.05) is 13.1 Å². The second-order valence-corrected chi connectivity index (χ2v) is 6.19. The third-order valence-electron chi connectivity index (χ3n) is 4.61. The summed E-state index contributed by atoms with van der Waals surface area (Å²) >= 11 is 0. The lowest BCUT2D eigenvalue weighted by Crippen LogP contribution is -2.19. The van der Waals surface area contributed by atoms with Gasteiger partial charge in [-0.3, -0.25) is 4.99 Å². The maximum Gasteiger partial charge on any atom is 0.135 e. The number of hydrogen-bond donors (Lipinski definition) is 2. The predicted octanol–water partition coefficient (Wildman–Crippen LogP) is 4.88. The van der Waals surface area contributed by atoms with Crippen LogP contribution in [-0.4, -0.2) is 23.9 Å². The van der Waals surface area contributed by atoms with E-state index in [1.807, 2.05) is 18.2 Å². The zero-order valence-corrected chi connectivity index (χ0v) is 13.4. The van der Waals surface area contributed by atoms with Crippen molar-refractivity contribution in [3.63, 3.8) is 0 Å². The van der Waals surface area contributed by atoms with Gasteiger partial charge in [0, 0.05) is 39.7 Å². The maximum absolute atomic E-state index is 6.02. The Labute approximate surface area is 146 Å². The van der Waals surface area contributed by atoms with Crippen molar-refractivity contribution < 1.29 is 4.42 Å². The molecule has 0 unspecified atom stereocenters. The highest BCUT2D eigenvalue weighted by atomic mass is 16.3. The molecule has 4 nitrogen and oxygen atoms in total. The number of benzene rings is 2. The van der Waals surface area contributed by atoms with E-state index in [-0.39, 0.29) is 7.43 Å². The summed E-state index contributed by atoms with van der Waals surface area (Å²) in [5.74, 6) is 1.88. The van der Waals surface area contributed by atoms with Gasteiger partial charge in [-0.1, -0.05) is 25.6 Å². The number of rotatable bonds is 2. The Hall–Kier alpha value is -3.01. The molecule has 0 radical (unpaired) electrons. The molecule has 1 aliphatic heterocycles. The fourth-order valence-electron chi connectivity index (χ4n) is 3.47. The van der Waals surface area contributed by atoms with Crippen LogP contribution in [0.2, 0.25) is 0 Å². The number of furan rings is 1. The Kier molecular flexibility index (Phi) is 3.61. The average Bonchev–Trinajstić information content (AvgIpc) is 3.31. The normalized spacial score (nSPS) is 13.7. The fourth-order valence-corrected chi connectivity index (χ4v) is 3.47. The molecular weight excluding hydrogens is 310 g/mol. The molecule has 0 fully saturated rings. The first kappa shape index (κ1) is 15.5. The molecule has 0 saturated carbocycles. The third-order valence-corrected chi connectivity index (χ3v) is 4.61. The Morgan fingerprint density at radius 3 is 2.76 bits per heavy atom. The van der Waals surface area contributed by atoms with E-state index in [0.29, 0.717) is 0 Å². The van der Waals surface area contributed by atoms with Gasteiger partial charge in [0.15, 0.2) is 0 Å². The van der Waals surface area contributed by atoms with Crippen molar-refractivity contribution in [1.29, 1.82) is 0 Å². The summed E-state index contributed by atoms with van der Waals surface area (Å²) in [7, 11) is 0. The van der Waals surface area contributed by atoms with E-state index in [9.17, 15) is 0 Å². The molecule has 3 heterocycles. The first-order valence-corrected chi connectivity index (χ1v) is 8.19. The molecule has 0 saturated heterocycles. The van der Waals surface area contributed by atoms with Crippen LogP contribution in [-0.2, 0) is 0 Å². The summed E-state index contributed by atoms with van der Waals surface area (Å²) in [6, 6.07) is 16.6. The van der Waals surface area contributed by atoms with E-state index in [0.717, 1.165) is 52.4 Å². The van der Waals surface area contributed by atoms with Crippen molar-refractivity contribution in [1.82, 2.24) is 10.3 Å². The van der Waals surface area contributed by atoms with Gasteiger partial charge in [-0.05, 0) is 37.3 Å². The molecule has 4 heteroatoms. The molecule has 2 aromatic heterocycles. The molecule has 0 bridgehead atoms. The minimum absolute atomic E-state index is 0. The standard InChI is InChI=1S/C20H17N3O.CH4/c1-12-19(20-21-8-9-22-20)15-10-14(6-7-16(15)23-12)18-11-13-4-2-3-5-17(13)24-18;/h2-7,10-11,23H,8-9H2,1H3,(H,21,22);1H4. The zero-order chi connectivity index (χ0) is 16.1. The second-order valence-electron chi connectivity index (χ2n) is 6.19. The number of aryl methyl sites for hydroxylation is 1. The highest BCUT2D eigenvalue weighted by Gasteiger charge is 2.17. The van der Waals surface area contributed by atoms with Crippen molar-refractivity contribution in [3.05, 3.63) is 59.8 Å². The molecule has 0 aliphatic carbocycles. The van der Waals surface area contributed by atoms with Gasteiger partial charge >= 0.3 is 0 Å². The van der Waals surface area contributed by atoms with E-state index in [2.05, 4.69) is 52.5 Å². The average molecular weight is 331 g/mol. The van der Waals surface area contributed by atoms with Gasteiger partial charge in [-0.2, -0.15) is 0 Å². The SMILES string of the molecule is C.Cc1[nH]c2ccc(-c3cc4ccccc4o3)cc2c1C1=NCCN1. The van der Waals surface area contributed by atoms with Crippen molar-refractivity contribution >= 4 is 27.7 Å². The van der Waals surface area contributed by atoms with Crippen LogP contribution >= 0.6 is 0 Å². The number of aromatic nitrogens is 1. The first-order valence-electron chi connectivity index (χ1n) is 8.19. The molecule has 5 rings (SSSR count). The molecule has 25 heavy (non-hydrogen) atoms. The van der Waals surface area contributed by atoms with Crippen LogP contribution in [0.4, 0.5) is 0 Å². The third kappa shape index (κ3) is 2.41. The number of aliphatic imine (C=N–C) groups is 1. The van der Waals surface area contributed by atoms with Gasteiger partial charge in [0.25, 0.3) is 0 Å². The minimum Gasteiger partial charge on any atom is -0.456 e. The molecular formula is C21H21N3O. The first-order chi connectivity index (χ1) is 11.8. The summed E-state index contributed by atoms with van der Waals surface area (Å²) in [6.07, 6.45) is 0. The highest BCUT2D eigenvalue weighted by Crippen LogP contribution is 2.32. The number of hydrogen-bond acceptors (Lipinski definition) is 3. The maximum atomic E-state index is 6.02. The number of nitrogens with one attached hydrogen (secondary N) is 2. The number of para-hydroxylation sites is 1. The van der Waals surface area contributed by atoms with Gasteiger partial charge < -0.3 is 14.7 Å². The van der Waals surface area contributed by atoms with Crippen LogP contribution in [0.25, 0.3) is 33.2 Å². The second kappa shape index (κ2) is 5.81. The Morgan fingerprint density at radius 1 is 1.08 bits per heavy atom. The molecule has 0 spiro atoms. The zero-order valence-electron chi connectivity index (χ0n) is 13.4. The molecule has 0 amide bonds. The largest absolute Gasteiger partial charge is 0.456 e. The lowest BCUT2D eigenvalue weighted by atomic mass is 10.1. The van der Waals surface area contributed by atoms with E-state index in [1.54, 1.807) is 0 Å². The van der Waals surface area contributed by atoms with Crippen molar-refractivity contribution in [2.45, 2.75) is 14.4 Å². The fraction of sp³-hybridized carbons (Fsp3) is 0.190. The van der Waals surface area contributed by atoms with Gasteiger partial charge in [-0.25, -0.2) is 0 Å². The van der Waals surface area contributed by atoms with Crippen molar-refractivity contribution in [3.8, 4) is 11.3 Å². The Morgan fingerprint density at radius 2 is 1.96 bits per heavy atom. The lowest BCUT2D eigenvalue weighted by Gasteiger charge is -2.03. The number of fused-ring (bicyclic) bond motifs is 2. The minimum atomic E-state index is 0. The number of nitrogens with zero attached hydrogens (tertiary/aromatic N) is 1. The molecule has 2 N–H and O–H groups in total. The van der Waals surface area contributed by atoms with Crippen LogP contribution in [0.15, 0.2) is 57.9 Å². The molecule has 126 valence electrons. The van der Waals surface area contributed by atoms with E-state index in [4.69, 9.17) is 4.42 Å². The van der Waals surface area contributed by atoms with Crippen molar-refractivity contribution in [2.24, 2.45) is 4.99 Å². The van der Waals surface area contributed by atoms with E-state index in [1.165, 1.54) is 10.9 Å². The number of aromatic amines is 1. The molecule has 1 aliphatic rings. The van der Waals surface area contributed by atoms with Gasteiger partial charge in [0.2, 0.25) is 0 Å². The monoisotopic (exact) mass is 331 g/mol. The summed E-state index contributed by atoms with van der Waals surface area (Å²) in [5.41, 5.74) is 5.43. The van der Waals surface area contributed by atoms with Gasteiger partial charge in [-0.15, -0.1) is 0 Å². The van der Waals surface area contributed by atoms with Gasteiger partial charge in [0.1, 0.15) is 17.2 Å². The molecule has 2 aromatic carbocycles. The van der Waals surface area contributed by atoms with Crippen LogP contribution < -0.4 is 5.32 Å². The Bertz CT molecular complexity index is 1070. The van der Waals surface area contributed by atoms with Gasteiger partial charge in [0.05, 0.1) is 6.54 Å². The van der Waals surface area contributed by atoms with Crippen LogP contribution in [0.5, 0.6) is 0 Å². The van der Waals surface area contributed by atoms with E-state index < -0.39 is 0 Å². The summed E-state index contributed by atoms with van der Waals surface area (Å²) in [5, 5.41) is 5.68. The molecule has 4 aromatic rings. The number of H-pyrrole nitrogens is 1. The highest BCUT2D eigenvalue weighted by molar-refractivity contribution is 6.12. The van der Waals surface area contributed by atoms with Crippen LogP contribution in [0, 0.1) is 6.92 Å². The summed E-state index contributed by atoms with van der Waals surface area (Å²) in [6.45, 7) is 3.84. The summed E-state index contributed by atoms with van der Waals surface area (Å²) < 4.78 is 6.02. The van der Waals surface area contributed by atoms with E-state index >= 15 is 0 Å². The number of amidine groups is 1. The topological polar surface area (TPSA) is 53.3 Å². The summed E-state index contributed by atoms with van der Waals surface area (Å²) in [4.78, 5) is 8.05. The molecule has 0 atom stereocenters. The smallest absolute Gasteiger partial charge is 0.135 e. The lowest BCUT2D eigenvalue weighted by molar-refractivity contribution is 0.631.